The number of piperazine rings is 1. The van der Waals surface area contributed by atoms with Gasteiger partial charge in [0.2, 0.25) is 5.91 Å². The average molecular weight is 543 g/mol. The molecule has 0 radical (unpaired) electrons. The quantitative estimate of drug-likeness (QED) is 0.360. The van der Waals surface area contributed by atoms with Crippen molar-refractivity contribution in [3.8, 4) is 5.75 Å². The number of hydrogen-bond acceptors (Lipinski definition) is 5. The topological polar surface area (TPSA) is 65.1 Å². The molecule has 0 aromatic heterocycles. The van der Waals surface area contributed by atoms with Gasteiger partial charge in [-0.3, -0.25) is 9.59 Å². The van der Waals surface area contributed by atoms with Crippen LogP contribution in [0.15, 0.2) is 48.5 Å². The largest absolute Gasteiger partial charge is 0.494 e. The van der Waals surface area contributed by atoms with Gasteiger partial charge in [0, 0.05) is 62.8 Å². The van der Waals surface area contributed by atoms with Crippen molar-refractivity contribution in [1.82, 2.24) is 20.0 Å². The van der Waals surface area contributed by atoms with Gasteiger partial charge in [0.15, 0.2) is 0 Å². The molecule has 0 saturated carbocycles. The third kappa shape index (κ3) is 9.61. The number of nitrogens with one attached hydrogen (secondary N) is 1. The zero-order chi connectivity index (χ0) is 27.3. The number of halogens is 1. The summed E-state index contributed by atoms with van der Waals surface area (Å²) in [4.78, 5) is 33.2. The standard InChI is InChI=1S/C30H43ClN4O3/c1-4-14-35(15-5-2)30(37)28(32-29(36)25-8-6-9-26(31)23-25)22-24-10-12-27(13-11-24)38-21-7-16-34-19-17-33(3)18-20-34/h6,8-13,23,28H,4-5,7,14-22H2,1-3H3,(H,32,36). The van der Waals surface area contributed by atoms with Gasteiger partial charge in [-0.05, 0) is 62.2 Å². The van der Waals surface area contributed by atoms with Gasteiger partial charge in [-0.25, -0.2) is 0 Å². The Labute approximate surface area is 233 Å². The molecule has 3 rings (SSSR count). The van der Waals surface area contributed by atoms with Crippen molar-refractivity contribution in [3.63, 3.8) is 0 Å². The highest BCUT2D eigenvalue weighted by Crippen LogP contribution is 2.16. The maximum atomic E-state index is 13.5. The van der Waals surface area contributed by atoms with Crippen molar-refractivity contribution in [2.75, 3.05) is 59.5 Å². The van der Waals surface area contributed by atoms with Gasteiger partial charge in [-0.2, -0.15) is 0 Å². The summed E-state index contributed by atoms with van der Waals surface area (Å²) in [6.45, 7) is 11.6. The highest BCUT2D eigenvalue weighted by Gasteiger charge is 2.26. The second kappa shape index (κ2) is 15.7. The molecule has 1 aliphatic heterocycles. The fraction of sp³-hybridized carbons (Fsp3) is 0.533. The number of amides is 2. The Kier molecular flexibility index (Phi) is 12.4. The molecular weight excluding hydrogens is 500 g/mol. The van der Waals surface area contributed by atoms with Crippen LogP contribution in [0, 0.1) is 0 Å². The molecule has 208 valence electrons. The van der Waals surface area contributed by atoms with Gasteiger partial charge in [0.25, 0.3) is 5.91 Å². The van der Waals surface area contributed by atoms with E-state index in [2.05, 4.69) is 36.0 Å². The minimum atomic E-state index is -0.671. The van der Waals surface area contributed by atoms with E-state index in [0.29, 0.717) is 36.7 Å². The number of rotatable bonds is 14. The zero-order valence-electron chi connectivity index (χ0n) is 23.1. The molecule has 1 unspecified atom stereocenters. The number of carbonyl (C=O) groups excluding carboxylic acids is 2. The highest BCUT2D eigenvalue weighted by atomic mass is 35.5. The Bertz CT molecular complexity index is 1000. The van der Waals surface area contributed by atoms with Crippen LogP contribution in [0.5, 0.6) is 5.75 Å². The van der Waals surface area contributed by atoms with E-state index < -0.39 is 6.04 Å². The first-order valence-corrected chi connectivity index (χ1v) is 14.2. The molecule has 0 spiro atoms. The van der Waals surface area contributed by atoms with E-state index in [0.717, 1.165) is 63.3 Å². The van der Waals surface area contributed by atoms with E-state index in [1.165, 1.54) is 0 Å². The van der Waals surface area contributed by atoms with Crippen LogP contribution in [-0.4, -0.2) is 92.0 Å². The van der Waals surface area contributed by atoms with Gasteiger partial charge in [0.1, 0.15) is 11.8 Å². The Balaban J connectivity index is 1.60. The van der Waals surface area contributed by atoms with Gasteiger partial charge in [-0.1, -0.05) is 43.6 Å². The lowest BCUT2D eigenvalue weighted by atomic mass is 10.0. The average Bonchev–Trinajstić information content (AvgIpc) is 2.92. The van der Waals surface area contributed by atoms with E-state index in [1.54, 1.807) is 24.3 Å². The molecule has 1 fully saturated rings. The second-order valence-corrected chi connectivity index (χ2v) is 10.5. The molecule has 1 atom stereocenters. The molecule has 38 heavy (non-hydrogen) atoms. The first-order chi connectivity index (χ1) is 18.4. The first kappa shape index (κ1) is 29.9. The van der Waals surface area contributed by atoms with Gasteiger partial charge in [-0.15, -0.1) is 0 Å². The van der Waals surface area contributed by atoms with Crippen LogP contribution in [-0.2, 0) is 11.2 Å². The van der Waals surface area contributed by atoms with Crippen LogP contribution in [0.2, 0.25) is 5.02 Å². The minimum absolute atomic E-state index is 0.0617. The van der Waals surface area contributed by atoms with Crippen molar-refractivity contribution in [2.24, 2.45) is 0 Å². The lowest BCUT2D eigenvalue weighted by Gasteiger charge is -2.32. The number of benzene rings is 2. The summed E-state index contributed by atoms with van der Waals surface area (Å²) in [5.74, 6) is 0.448. The molecule has 1 heterocycles. The van der Waals surface area contributed by atoms with E-state index in [9.17, 15) is 9.59 Å². The fourth-order valence-corrected chi connectivity index (χ4v) is 4.86. The van der Waals surface area contributed by atoms with Crippen molar-refractivity contribution < 1.29 is 14.3 Å². The predicted octanol–water partition coefficient (Wildman–Crippen LogP) is 4.35. The predicted molar refractivity (Wildman–Crippen MR) is 154 cm³/mol. The minimum Gasteiger partial charge on any atom is -0.494 e. The first-order valence-electron chi connectivity index (χ1n) is 13.9. The molecule has 1 saturated heterocycles. The van der Waals surface area contributed by atoms with E-state index >= 15 is 0 Å². The maximum Gasteiger partial charge on any atom is 0.251 e. The highest BCUT2D eigenvalue weighted by molar-refractivity contribution is 6.31. The summed E-state index contributed by atoms with van der Waals surface area (Å²) in [6, 6.07) is 14.0. The molecule has 2 amide bonds. The van der Waals surface area contributed by atoms with Gasteiger partial charge < -0.3 is 24.8 Å². The van der Waals surface area contributed by atoms with Crippen molar-refractivity contribution in [2.45, 2.75) is 45.6 Å². The summed E-state index contributed by atoms with van der Waals surface area (Å²) < 4.78 is 5.97. The van der Waals surface area contributed by atoms with Crippen LogP contribution < -0.4 is 10.1 Å². The number of nitrogens with zero attached hydrogens (tertiary/aromatic N) is 3. The third-order valence-electron chi connectivity index (χ3n) is 6.84. The Hall–Kier alpha value is -2.61. The van der Waals surface area contributed by atoms with Crippen LogP contribution in [0.3, 0.4) is 0 Å². The van der Waals surface area contributed by atoms with Crippen molar-refractivity contribution >= 4 is 23.4 Å². The fourth-order valence-electron chi connectivity index (χ4n) is 4.67. The molecule has 1 N–H and O–H groups in total. The van der Waals surface area contributed by atoms with Crippen molar-refractivity contribution in [1.29, 1.82) is 0 Å². The number of ether oxygens (including phenoxy) is 1. The number of carbonyl (C=O) groups is 2. The zero-order valence-corrected chi connectivity index (χ0v) is 23.9. The van der Waals surface area contributed by atoms with Gasteiger partial charge >= 0.3 is 0 Å². The summed E-state index contributed by atoms with van der Waals surface area (Å²) in [5, 5.41) is 3.45. The SMILES string of the molecule is CCCN(CCC)C(=O)C(Cc1ccc(OCCCN2CCN(C)CC2)cc1)NC(=O)c1cccc(Cl)c1. The summed E-state index contributed by atoms with van der Waals surface area (Å²) in [7, 11) is 2.17. The summed E-state index contributed by atoms with van der Waals surface area (Å²) in [6.07, 6.45) is 3.12. The monoisotopic (exact) mass is 542 g/mol. The molecule has 0 aliphatic carbocycles. The van der Waals surface area contributed by atoms with E-state index in [-0.39, 0.29) is 11.8 Å². The Morgan fingerprint density at radius 3 is 2.34 bits per heavy atom. The molecular formula is C30H43ClN4O3. The Morgan fingerprint density at radius 2 is 1.71 bits per heavy atom. The van der Waals surface area contributed by atoms with Crippen LogP contribution in [0.1, 0.15) is 49.0 Å². The number of likely N-dealkylation sites (N-methyl/N-ethyl adjacent to an activating group) is 1. The second-order valence-electron chi connectivity index (χ2n) is 10.1. The maximum absolute atomic E-state index is 13.5. The van der Waals surface area contributed by atoms with E-state index in [4.69, 9.17) is 16.3 Å². The smallest absolute Gasteiger partial charge is 0.251 e. The summed E-state index contributed by atoms with van der Waals surface area (Å²) >= 11 is 6.08. The number of hydrogen-bond donors (Lipinski definition) is 1. The molecule has 7 nitrogen and oxygen atoms in total. The van der Waals surface area contributed by atoms with Crippen LogP contribution in [0.25, 0.3) is 0 Å². The molecule has 1 aliphatic rings. The van der Waals surface area contributed by atoms with Crippen LogP contribution >= 0.6 is 11.6 Å². The molecule has 0 bridgehead atoms. The van der Waals surface area contributed by atoms with Gasteiger partial charge in [0.05, 0.1) is 6.61 Å². The van der Waals surface area contributed by atoms with Crippen LogP contribution in [0.4, 0.5) is 0 Å². The Morgan fingerprint density at radius 1 is 1.03 bits per heavy atom. The molecule has 8 heteroatoms. The normalized spacial score (nSPS) is 15.2. The lowest BCUT2D eigenvalue weighted by molar-refractivity contribution is -0.133. The third-order valence-corrected chi connectivity index (χ3v) is 7.07. The lowest BCUT2D eigenvalue weighted by Crippen LogP contribution is -2.50. The van der Waals surface area contributed by atoms with E-state index in [1.807, 2.05) is 29.2 Å². The van der Waals surface area contributed by atoms with Crippen molar-refractivity contribution in [3.05, 3.63) is 64.7 Å². The molecule has 2 aromatic carbocycles. The molecule has 2 aromatic rings. The summed E-state index contributed by atoms with van der Waals surface area (Å²) in [5.41, 5.74) is 1.40.